The van der Waals surface area contributed by atoms with Crippen LogP contribution in [0.4, 0.5) is 0 Å². The molecule has 0 saturated heterocycles. The second-order valence-corrected chi connectivity index (χ2v) is 6.45. The maximum absolute atomic E-state index is 12.2. The van der Waals surface area contributed by atoms with E-state index in [1.54, 1.807) is 18.2 Å². The molecule has 2 atom stereocenters. The van der Waals surface area contributed by atoms with Crippen LogP contribution in [0.1, 0.15) is 36.0 Å². The maximum Gasteiger partial charge on any atom is 0.252 e. The van der Waals surface area contributed by atoms with Crippen molar-refractivity contribution in [1.29, 1.82) is 0 Å². The standard InChI is InChI=1S/C15H18Cl3NO/c16-8-10-3-1-2-4-11(10)9-19-15(20)13-7-12(17)5-6-14(13)18/h5-7,10-11H,1-4,8-9H2,(H,19,20). The molecule has 20 heavy (non-hydrogen) atoms. The quantitative estimate of drug-likeness (QED) is 0.790. The van der Waals surface area contributed by atoms with Crippen LogP contribution in [-0.2, 0) is 0 Å². The molecule has 0 heterocycles. The number of benzene rings is 1. The van der Waals surface area contributed by atoms with E-state index in [1.807, 2.05) is 0 Å². The van der Waals surface area contributed by atoms with E-state index in [0.29, 0.717) is 39.9 Å². The van der Waals surface area contributed by atoms with Gasteiger partial charge < -0.3 is 5.32 Å². The highest BCUT2D eigenvalue weighted by Gasteiger charge is 2.25. The van der Waals surface area contributed by atoms with Crippen molar-refractivity contribution in [3.8, 4) is 0 Å². The number of carbonyl (C=O) groups is 1. The monoisotopic (exact) mass is 333 g/mol. The van der Waals surface area contributed by atoms with Gasteiger partial charge in [0.25, 0.3) is 5.91 Å². The second-order valence-electron chi connectivity index (χ2n) is 5.29. The van der Waals surface area contributed by atoms with Gasteiger partial charge in [0.2, 0.25) is 0 Å². The Morgan fingerprint density at radius 2 is 1.90 bits per heavy atom. The molecule has 1 fully saturated rings. The van der Waals surface area contributed by atoms with Crippen LogP contribution in [0.3, 0.4) is 0 Å². The van der Waals surface area contributed by atoms with Gasteiger partial charge in [-0.15, -0.1) is 11.6 Å². The molecule has 1 aromatic carbocycles. The summed E-state index contributed by atoms with van der Waals surface area (Å²) < 4.78 is 0. The zero-order valence-electron chi connectivity index (χ0n) is 11.2. The summed E-state index contributed by atoms with van der Waals surface area (Å²) in [6.07, 6.45) is 4.73. The molecule has 2 nitrogen and oxygen atoms in total. The molecule has 1 aromatic rings. The van der Waals surface area contributed by atoms with Crippen molar-refractivity contribution in [3.63, 3.8) is 0 Å². The van der Waals surface area contributed by atoms with Crippen molar-refractivity contribution in [2.24, 2.45) is 11.8 Å². The molecule has 0 spiro atoms. The topological polar surface area (TPSA) is 29.1 Å². The lowest BCUT2D eigenvalue weighted by molar-refractivity contribution is 0.0937. The van der Waals surface area contributed by atoms with Gasteiger partial charge in [-0.05, 0) is 42.9 Å². The molecule has 0 bridgehead atoms. The van der Waals surface area contributed by atoms with Crippen LogP contribution in [0.15, 0.2) is 18.2 Å². The molecule has 1 aliphatic rings. The molecule has 110 valence electrons. The summed E-state index contributed by atoms with van der Waals surface area (Å²) in [5.74, 6) is 1.46. The fourth-order valence-corrected chi connectivity index (χ4v) is 3.53. The van der Waals surface area contributed by atoms with Crippen LogP contribution in [0, 0.1) is 11.8 Å². The number of carbonyl (C=O) groups excluding carboxylic acids is 1. The van der Waals surface area contributed by atoms with Gasteiger partial charge in [0.05, 0.1) is 10.6 Å². The summed E-state index contributed by atoms with van der Waals surface area (Å²) in [4.78, 5) is 12.2. The Bertz CT molecular complexity index is 478. The van der Waals surface area contributed by atoms with Crippen LogP contribution in [0.2, 0.25) is 10.0 Å². The largest absolute Gasteiger partial charge is 0.352 e. The average molecular weight is 335 g/mol. The number of hydrogen-bond acceptors (Lipinski definition) is 1. The van der Waals surface area contributed by atoms with E-state index < -0.39 is 0 Å². The maximum atomic E-state index is 12.2. The molecule has 2 rings (SSSR count). The molecule has 0 radical (unpaired) electrons. The highest BCUT2D eigenvalue weighted by molar-refractivity contribution is 6.35. The zero-order chi connectivity index (χ0) is 14.5. The van der Waals surface area contributed by atoms with Crippen LogP contribution < -0.4 is 5.32 Å². The average Bonchev–Trinajstić information content (AvgIpc) is 2.47. The third-order valence-electron chi connectivity index (χ3n) is 3.96. The lowest BCUT2D eigenvalue weighted by Gasteiger charge is -2.30. The Hall–Kier alpha value is -0.440. The second kappa shape index (κ2) is 7.53. The summed E-state index contributed by atoms with van der Waals surface area (Å²) in [5.41, 5.74) is 0.428. The lowest BCUT2D eigenvalue weighted by atomic mass is 9.80. The Morgan fingerprint density at radius 1 is 1.20 bits per heavy atom. The molecule has 1 saturated carbocycles. The summed E-state index contributed by atoms with van der Waals surface area (Å²) in [6.45, 7) is 0.652. The summed E-state index contributed by atoms with van der Waals surface area (Å²) in [6, 6.07) is 4.91. The summed E-state index contributed by atoms with van der Waals surface area (Å²) >= 11 is 17.9. The van der Waals surface area contributed by atoms with Crippen molar-refractivity contribution in [2.45, 2.75) is 25.7 Å². The van der Waals surface area contributed by atoms with Crippen LogP contribution in [0.5, 0.6) is 0 Å². The molecular formula is C15H18Cl3NO. The van der Waals surface area contributed by atoms with E-state index in [0.717, 1.165) is 12.8 Å². The summed E-state index contributed by atoms with van der Waals surface area (Å²) in [5, 5.41) is 3.89. The molecule has 5 heteroatoms. The van der Waals surface area contributed by atoms with E-state index in [2.05, 4.69) is 5.32 Å². The molecule has 0 aromatic heterocycles. The first kappa shape index (κ1) is 15.9. The van der Waals surface area contributed by atoms with Crippen molar-refractivity contribution < 1.29 is 4.79 Å². The van der Waals surface area contributed by atoms with Crippen LogP contribution in [-0.4, -0.2) is 18.3 Å². The van der Waals surface area contributed by atoms with Crippen molar-refractivity contribution in [2.75, 3.05) is 12.4 Å². The molecule has 1 amide bonds. The Kier molecular flexibility index (Phi) is 6.01. The number of halogens is 3. The molecule has 1 N–H and O–H groups in total. The van der Waals surface area contributed by atoms with E-state index in [9.17, 15) is 4.79 Å². The van der Waals surface area contributed by atoms with Crippen molar-refractivity contribution in [3.05, 3.63) is 33.8 Å². The van der Waals surface area contributed by atoms with Gasteiger partial charge in [-0.2, -0.15) is 0 Å². The Balaban J connectivity index is 1.96. The third kappa shape index (κ3) is 4.03. The number of hydrogen-bond donors (Lipinski definition) is 1. The molecule has 0 aliphatic heterocycles. The van der Waals surface area contributed by atoms with Gasteiger partial charge >= 0.3 is 0 Å². The van der Waals surface area contributed by atoms with Gasteiger partial charge in [0.1, 0.15) is 0 Å². The first-order chi connectivity index (χ1) is 9.61. The van der Waals surface area contributed by atoms with Gasteiger partial charge in [-0.1, -0.05) is 36.0 Å². The highest BCUT2D eigenvalue weighted by atomic mass is 35.5. The fraction of sp³-hybridized carbons (Fsp3) is 0.533. The number of amides is 1. The highest BCUT2D eigenvalue weighted by Crippen LogP contribution is 2.30. The van der Waals surface area contributed by atoms with E-state index in [-0.39, 0.29) is 5.91 Å². The predicted molar refractivity (Wildman–Crippen MR) is 85.0 cm³/mol. The minimum atomic E-state index is -0.170. The van der Waals surface area contributed by atoms with E-state index in [4.69, 9.17) is 34.8 Å². The first-order valence-electron chi connectivity index (χ1n) is 6.91. The summed E-state index contributed by atoms with van der Waals surface area (Å²) in [7, 11) is 0. The number of nitrogens with one attached hydrogen (secondary N) is 1. The lowest BCUT2D eigenvalue weighted by Crippen LogP contribution is -2.35. The van der Waals surface area contributed by atoms with Crippen LogP contribution in [0.25, 0.3) is 0 Å². The smallest absolute Gasteiger partial charge is 0.252 e. The Morgan fingerprint density at radius 3 is 2.60 bits per heavy atom. The predicted octanol–water partition coefficient (Wildman–Crippen LogP) is 4.77. The molecule has 2 unspecified atom stereocenters. The van der Waals surface area contributed by atoms with Gasteiger partial charge in [-0.25, -0.2) is 0 Å². The van der Waals surface area contributed by atoms with E-state index >= 15 is 0 Å². The number of alkyl halides is 1. The van der Waals surface area contributed by atoms with Crippen molar-refractivity contribution >= 4 is 40.7 Å². The van der Waals surface area contributed by atoms with E-state index in [1.165, 1.54) is 12.8 Å². The number of rotatable bonds is 4. The third-order valence-corrected chi connectivity index (χ3v) is 4.92. The van der Waals surface area contributed by atoms with Gasteiger partial charge in [0, 0.05) is 17.4 Å². The normalized spacial score (nSPS) is 22.6. The van der Waals surface area contributed by atoms with Crippen LogP contribution >= 0.6 is 34.8 Å². The SMILES string of the molecule is O=C(NCC1CCCCC1CCl)c1cc(Cl)ccc1Cl. The Labute approximate surface area is 134 Å². The minimum Gasteiger partial charge on any atom is -0.352 e. The van der Waals surface area contributed by atoms with Crippen molar-refractivity contribution in [1.82, 2.24) is 5.32 Å². The minimum absolute atomic E-state index is 0.170. The molecule has 1 aliphatic carbocycles. The first-order valence-corrected chi connectivity index (χ1v) is 8.20. The van der Waals surface area contributed by atoms with Gasteiger partial charge in [-0.3, -0.25) is 4.79 Å². The fourth-order valence-electron chi connectivity index (χ4n) is 2.75. The van der Waals surface area contributed by atoms with Gasteiger partial charge in [0.15, 0.2) is 0 Å². The molecular weight excluding hydrogens is 317 g/mol. The zero-order valence-corrected chi connectivity index (χ0v) is 13.4.